The van der Waals surface area contributed by atoms with Crippen molar-refractivity contribution < 1.29 is 9.47 Å². The van der Waals surface area contributed by atoms with E-state index in [2.05, 4.69) is 23.3 Å². The Morgan fingerprint density at radius 3 is 2.57 bits per heavy atom. The van der Waals surface area contributed by atoms with Crippen molar-refractivity contribution in [1.82, 2.24) is 10.3 Å². The molecule has 1 atom stereocenters. The molecule has 0 aliphatic carbocycles. The highest BCUT2D eigenvalue weighted by Crippen LogP contribution is 2.19. The van der Waals surface area contributed by atoms with Crippen molar-refractivity contribution in [3.05, 3.63) is 53.3 Å². The average molecular weight is 286 g/mol. The molecule has 1 aromatic carbocycles. The van der Waals surface area contributed by atoms with Gasteiger partial charge < -0.3 is 14.8 Å². The molecular formula is C17H22N2O2. The number of rotatable bonds is 6. The zero-order valence-corrected chi connectivity index (χ0v) is 13.0. The Bertz CT molecular complexity index is 599. The van der Waals surface area contributed by atoms with E-state index in [1.165, 1.54) is 5.56 Å². The van der Waals surface area contributed by atoms with E-state index in [9.17, 15) is 0 Å². The summed E-state index contributed by atoms with van der Waals surface area (Å²) in [6.07, 6.45) is 0. The Balaban J connectivity index is 2.03. The topological polar surface area (TPSA) is 43.4 Å². The van der Waals surface area contributed by atoms with Crippen LogP contribution >= 0.6 is 0 Å². The Labute approximate surface area is 126 Å². The molecule has 0 amide bonds. The smallest absolute Gasteiger partial charge is 0.122 e. The van der Waals surface area contributed by atoms with Gasteiger partial charge in [0, 0.05) is 30.4 Å². The third kappa shape index (κ3) is 4.20. The second-order valence-corrected chi connectivity index (χ2v) is 5.02. The molecule has 0 saturated carbocycles. The number of ether oxygens (including phenoxy) is 2. The van der Waals surface area contributed by atoms with Crippen molar-refractivity contribution in [1.29, 1.82) is 0 Å². The minimum Gasteiger partial charge on any atom is -0.497 e. The summed E-state index contributed by atoms with van der Waals surface area (Å²) in [7, 11) is 3.35. The van der Waals surface area contributed by atoms with Crippen LogP contribution in [-0.2, 0) is 6.54 Å². The van der Waals surface area contributed by atoms with E-state index in [0.717, 1.165) is 22.9 Å². The highest BCUT2D eigenvalue weighted by atomic mass is 16.5. The third-order valence-electron chi connectivity index (χ3n) is 3.40. The summed E-state index contributed by atoms with van der Waals surface area (Å²) in [5, 5.41) is 3.47. The SMILES string of the molecule is COc1cccc([C@H](C)NCc2cc(OC)cc(C)n2)c1. The van der Waals surface area contributed by atoms with Crippen LogP contribution in [0.1, 0.15) is 29.9 Å². The fourth-order valence-corrected chi connectivity index (χ4v) is 2.20. The molecule has 0 bridgehead atoms. The van der Waals surface area contributed by atoms with Crippen LogP contribution < -0.4 is 14.8 Å². The molecule has 1 N–H and O–H groups in total. The Hall–Kier alpha value is -2.07. The molecule has 0 aliphatic rings. The molecule has 0 unspecified atom stereocenters. The number of hydrogen-bond donors (Lipinski definition) is 1. The molecule has 4 heteroatoms. The molecule has 0 spiro atoms. The quantitative estimate of drug-likeness (QED) is 0.885. The molecule has 2 rings (SSSR count). The molecule has 0 radical (unpaired) electrons. The maximum atomic E-state index is 5.27. The van der Waals surface area contributed by atoms with Gasteiger partial charge in [0.2, 0.25) is 0 Å². The van der Waals surface area contributed by atoms with Crippen molar-refractivity contribution in [3.63, 3.8) is 0 Å². The van der Waals surface area contributed by atoms with Crippen LogP contribution in [0.2, 0.25) is 0 Å². The van der Waals surface area contributed by atoms with Crippen LogP contribution in [0, 0.1) is 6.92 Å². The maximum Gasteiger partial charge on any atom is 0.122 e. The average Bonchev–Trinajstić information content (AvgIpc) is 2.52. The number of aryl methyl sites for hydroxylation is 1. The monoisotopic (exact) mass is 286 g/mol. The van der Waals surface area contributed by atoms with Crippen LogP contribution in [0.25, 0.3) is 0 Å². The van der Waals surface area contributed by atoms with Gasteiger partial charge in [0.25, 0.3) is 0 Å². The Morgan fingerprint density at radius 1 is 1.10 bits per heavy atom. The first-order chi connectivity index (χ1) is 10.1. The second kappa shape index (κ2) is 7.09. The second-order valence-electron chi connectivity index (χ2n) is 5.02. The summed E-state index contributed by atoms with van der Waals surface area (Å²) >= 11 is 0. The van der Waals surface area contributed by atoms with Crippen molar-refractivity contribution in [3.8, 4) is 11.5 Å². The summed E-state index contributed by atoms with van der Waals surface area (Å²) in [5.41, 5.74) is 3.12. The number of methoxy groups -OCH3 is 2. The lowest BCUT2D eigenvalue weighted by molar-refractivity contribution is 0.412. The first kappa shape index (κ1) is 15.3. The van der Waals surface area contributed by atoms with E-state index in [4.69, 9.17) is 9.47 Å². The fraction of sp³-hybridized carbons (Fsp3) is 0.353. The lowest BCUT2D eigenvalue weighted by atomic mass is 10.1. The zero-order chi connectivity index (χ0) is 15.2. The van der Waals surface area contributed by atoms with Crippen LogP contribution in [0.15, 0.2) is 36.4 Å². The largest absolute Gasteiger partial charge is 0.497 e. The molecule has 2 aromatic rings. The molecule has 1 aromatic heterocycles. The fourth-order valence-electron chi connectivity index (χ4n) is 2.20. The summed E-state index contributed by atoms with van der Waals surface area (Å²) < 4.78 is 10.5. The summed E-state index contributed by atoms with van der Waals surface area (Å²) in [5.74, 6) is 1.71. The zero-order valence-electron chi connectivity index (χ0n) is 13.0. The molecule has 0 aliphatic heterocycles. The predicted octanol–water partition coefficient (Wildman–Crippen LogP) is 3.26. The minimum atomic E-state index is 0.216. The van der Waals surface area contributed by atoms with E-state index in [1.807, 2.05) is 37.3 Å². The molecule has 1 heterocycles. The van der Waals surface area contributed by atoms with Crippen molar-refractivity contribution >= 4 is 0 Å². The first-order valence-electron chi connectivity index (χ1n) is 7.01. The van der Waals surface area contributed by atoms with E-state index in [1.54, 1.807) is 14.2 Å². The molecule has 4 nitrogen and oxygen atoms in total. The van der Waals surface area contributed by atoms with Gasteiger partial charge in [-0.2, -0.15) is 0 Å². The maximum absolute atomic E-state index is 5.27. The van der Waals surface area contributed by atoms with Gasteiger partial charge in [0.1, 0.15) is 11.5 Å². The Kier molecular flexibility index (Phi) is 5.17. The van der Waals surface area contributed by atoms with Gasteiger partial charge in [-0.3, -0.25) is 4.98 Å². The van der Waals surface area contributed by atoms with Crippen LogP contribution in [-0.4, -0.2) is 19.2 Å². The summed E-state index contributed by atoms with van der Waals surface area (Å²) in [4.78, 5) is 4.51. The van der Waals surface area contributed by atoms with Gasteiger partial charge in [0.15, 0.2) is 0 Å². The van der Waals surface area contributed by atoms with Gasteiger partial charge in [-0.05, 0) is 31.5 Å². The van der Waals surface area contributed by atoms with Crippen LogP contribution in [0.5, 0.6) is 11.5 Å². The van der Waals surface area contributed by atoms with Gasteiger partial charge in [0.05, 0.1) is 19.9 Å². The molecule has 0 fully saturated rings. The number of hydrogen-bond acceptors (Lipinski definition) is 4. The molecule has 21 heavy (non-hydrogen) atoms. The summed E-state index contributed by atoms with van der Waals surface area (Å²) in [6, 6.07) is 12.2. The van der Waals surface area contributed by atoms with Gasteiger partial charge >= 0.3 is 0 Å². The third-order valence-corrected chi connectivity index (χ3v) is 3.40. The normalized spacial score (nSPS) is 12.0. The highest BCUT2D eigenvalue weighted by molar-refractivity contribution is 5.30. The number of nitrogens with zero attached hydrogens (tertiary/aromatic N) is 1. The molecular weight excluding hydrogens is 264 g/mol. The van der Waals surface area contributed by atoms with Crippen LogP contribution in [0.3, 0.4) is 0 Å². The minimum absolute atomic E-state index is 0.216. The van der Waals surface area contributed by atoms with E-state index in [0.29, 0.717) is 6.54 Å². The van der Waals surface area contributed by atoms with Crippen molar-refractivity contribution in [2.24, 2.45) is 0 Å². The highest BCUT2D eigenvalue weighted by Gasteiger charge is 2.07. The van der Waals surface area contributed by atoms with Gasteiger partial charge in [-0.15, -0.1) is 0 Å². The number of nitrogens with one attached hydrogen (secondary N) is 1. The van der Waals surface area contributed by atoms with E-state index < -0.39 is 0 Å². The lowest BCUT2D eigenvalue weighted by Crippen LogP contribution is -2.19. The lowest BCUT2D eigenvalue weighted by Gasteiger charge is -2.15. The summed E-state index contributed by atoms with van der Waals surface area (Å²) in [6.45, 7) is 4.79. The van der Waals surface area contributed by atoms with E-state index in [-0.39, 0.29) is 6.04 Å². The molecule has 0 saturated heterocycles. The van der Waals surface area contributed by atoms with E-state index >= 15 is 0 Å². The number of benzene rings is 1. The van der Waals surface area contributed by atoms with Gasteiger partial charge in [-0.1, -0.05) is 12.1 Å². The van der Waals surface area contributed by atoms with Crippen molar-refractivity contribution in [2.45, 2.75) is 26.4 Å². The van der Waals surface area contributed by atoms with Crippen LogP contribution in [0.4, 0.5) is 0 Å². The standard InChI is InChI=1S/C17H22N2O2/c1-12-8-17(21-4)10-15(19-12)11-18-13(2)14-6-5-7-16(9-14)20-3/h5-10,13,18H,11H2,1-4H3/t13-/m0/s1. The number of pyridine rings is 1. The Morgan fingerprint density at radius 2 is 1.86 bits per heavy atom. The molecule has 112 valence electrons. The van der Waals surface area contributed by atoms with Gasteiger partial charge in [-0.25, -0.2) is 0 Å². The predicted molar refractivity (Wildman–Crippen MR) is 83.8 cm³/mol. The first-order valence-corrected chi connectivity index (χ1v) is 7.01. The number of aromatic nitrogens is 1. The van der Waals surface area contributed by atoms with Crippen molar-refractivity contribution in [2.75, 3.05) is 14.2 Å².